The number of anilines is 1. The van der Waals surface area contributed by atoms with Crippen LogP contribution in [0.15, 0.2) is 42.6 Å². The molecule has 1 N–H and O–H groups in total. The van der Waals surface area contributed by atoms with Crippen LogP contribution in [0.1, 0.15) is 29.7 Å². The Balaban J connectivity index is 2.17. The molecule has 1 aromatic carbocycles. The zero-order chi connectivity index (χ0) is 14.5. The highest BCUT2D eigenvalue weighted by molar-refractivity contribution is 5.42. The van der Waals surface area contributed by atoms with Gasteiger partial charge in [0.15, 0.2) is 0 Å². The number of aromatic nitrogens is 1. The van der Waals surface area contributed by atoms with Crippen molar-refractivity contribution >= 4 is 5.82 Å². The Hall–Kier alpha value is -2.38. The molecule has 0 amide bonds. The summed E-state index contributed by atoms with van der Waals surface area (Å²) >= 11 is 0. The van der Waals surface area contributed by atoms with Crippen molar-refractivity contribution in [3.05, 3.63) is 59.3 Å². The number of aliphatic hydroxyl groups is 1. The molecule has 20 heavy (non-hydrogen) atoms. The number of hydrogen-bond donors (Lipinski definition) is 1. The third-order valence-corrected chi connectivity index (χ3v) is 3.12. The Morgan fingerprint density at radius 1 is 1.35 bits per heavy atom. The van der Waals surface area contributed by atoms with E-state index in [2.05, 4.69) is 11.1 Å². The lowest BCUT2D eigenvalue weighted by atomic mass is 10.1. The highest BCUT2D eigenvalue weighted by atomic mass is 16.3. The van der Waals surface area contributed by atoms with E-state index in [1.165, 1.54) is 0 Å². The summed E-state index contributed by atoms with van der Waals surface area (Å²) in [6.07, 6.45) is 1.19. The van der Waals surface area contributed by atoms with E-state index in [0.29, 0.717) is 12.1 Å². The molecule has 0 aliphatic rings. The zero-order valence-corrected chi connectivity index (χ0v) is 11.6. The van der Waals surface area contributed by atoms with Crippen molar-refractivity contribution in [2.24, 2.45) is 0 Å². The molecule has 2 rings (SSSR count). The second-order valence-electron chi connectivity index (χ2n) is 4.79. The van der Waals surface area contributed by atoms with E-state index in [1.54, 1.807) is 25.3 Å². The van der Waals surface area contributed by atoms with Crippen LogP contribution in [0, 0.1) is 11.3 Å². The lowest BCUT2D eigenvalue weighted by Gasteiger charge is -2.19. The second kappa shape index (κ2) is 6.18. The quantitative estimate of drug-likeness (QED) is 0.925. The van der Waals surface area contributed by atoms with E-state index < -0.39 is 6.10 Å². The highest BCUT2D eigenvalue weighted by Gasteiger charge is 2.07. The lowest BCUT2D eigenvalue weighted by Crippen LogP contribution is -2.18. The Morgan fingerprint density at radius 2 is 2.15 bits per heavy atom. The summed E-state index contributed by atoms with van der Waals surface area (Å²) in [5.41, 5.74) is 2.55. The molecule has 0 aliphatic heterocycles. The first-order valence-electron chi connectivity index (χ1n) is 6.44. The van der Waals surface area contributed by atoms with E-state index in [0.717, 1.165) is 16.9 Å². The summed E-state index contributed by atoms with van der Waals surface area (Å²) in [6, 6.07) is 13.3. The van der Waals surface area contributed by atoms with Crippen molar-refractivity contribution in [3.8, 4) is 6.07 Å². The van der Waals surface area contributed by atoms with Gasteiger partial charge >= 0.3 is 0 Å². The third kappa shape index (κ3) is 3.34. The van der Waals surface area contributed by atoms with Gasteiger partial charge in [-0.15, -0.1) is 0 Å². The van der Waals surface area contributed by atoms with E-state index in [4.69, 9.17) is 5.26 Å². The van der Waals surface area contributed by atoms with Gasteiger partial charge in [0.1, 0.15) is 5.82 Å². The van der Waals surface area contributed by atoms with Gasteiger partial charge in [0.05, 0.1) is 17.7 Å². The summed E-state index contributed by atoms with van der Waals surface area (Å²) in [7, 11) is 1.94. The molecule has 1 aromatic heterocycles. The van der Waals surface area contributed by atoms with Gasteiger partial charge < -0.3 is 10.0 Å². The number of benzene rings is 1. The molecule has 2 aromatic rings. The van der Waals surface area contributed by atoms with Gasteiger partial charge in [-0.25, -0.2) is 4.98 Å². The van der Waals surface area contributed by atoms with Crippen LogP contribution < -0.4 is 4.90 Å². The monoisotopic (exact) mass is 267 g/mol. The van der Waals surface area contributed by atoms with Crippen molar-refractivity contribution in [1.82, 2.24) is 4.98 Å². The molecule has 0 saturated carbocycles. The fourth-order valence-electron chi connectivity index (χ4n) is 2.00. The number of nitriles is 1. The van der Waals surface area contributed by atoms with Crippen molar-refractivity contribution in [2.45, 2.75) is 19.6 Å². The molecule has 0 aliphatic carbocycles. The van der Waals surface area contributed by atoms with E-state index >= 15 is 0 Å². The molecule has 102 valence electrons. The van der Waals surface area contributed by atoms with Crippen LogP contribution in [0.2, 0.25) is 0 Å². The number of rotatable bonds is 4. The molecule has 0 saturated heterocycles. The first-order chi connectivity index (χ1) is 9.60. The SMILES string of the molecule is CC(O)c1ccnc(N(C)Cc2cccc(C#N)c2)c1. The molecule has 1 heterocycles. The first-order valence-corrected chi connectivity index (χ1v) is 6.44. The summed E-state index contributed by atoms with van der Waals surface area (Å²) in [5, 5.41) is 18.5. The van der Waals surface area contributed by atoms with E-state index in [1.807, 2.05) is 36.2 Å². The van der Waals surface area contributed by atoms with E-state index in [-0.39, 0.29) is 0 Å². The molecule has 0 bridgehead atoms. The molecule has 0 spiro atoms. The van der Waals surface area contributed by atoms with Gasteiger partial charge in [0.25, 0.3) is 0 Å². The average molecular weight is 267 g/mol. The maximum atomic E-state index is 9.61. The Bertz CT molecular complexity index is 632. The summed E-state index contributed by atoms with van der Waals surface area (Å²) in [5.74, 6) is 0.797. The molecule has 4 nitrogen and oxygen atoms in total. The number of aliphatic hydroxyl groups excluding tert-OH is 1. The molecule has 1 unspecified atom stereocenters. The van der Waals surface area contributed by atoms with Crippen molar-refractivity contribution in [1.29, 1.82) is 5.26 Å². The van der Waals surface area contributed by atoms with E-state index in [9.17, 15) is 5.11 Å². The summed E-state index contributed by atoms with van der Waals surface area (Å²) in [4.78, 5) is 6.30. The Labute approximate surface area is 118 Å². The van der Waals surface area contributed by atoms with Crippen LogP contribution in [0.3, 0.4) is 0 Å². The standard InChI is InChI=1S/C16H17N3O/c1-12(20)15-6-7-18-16(9-15)19(2)11-14-5-3-4-13(8-14)10-17/h3-9,12,20H,11H2,1-2H3. The summed E-state index contributed by atoms with van der Waals surface area (Å²) < 4.78 is 0. The van der Waals surface area contributed by atoms with Crippen LogP contribution in [0.25, 0.3) is 0 Å². The Kier molecular flexibility index (Phi) is 4.34. The molecule has 0 fully saturated rings. The maximum Gasteiger partial charge on any atom is 0.128 e. The van der Waals surface area contributed by atoms with Crippen LogP contribution >= 0.6 is 0 Å². The number of pyridine rings is 1. The van der Waals surface area contributed by atoms with Crippen molar-refractivity contribution < 1.29 is 5.11 Å². The topological polar surface area (TPSA) is 60.2 Å². The van der Waals surface area contributed by atoms with Crippen LogP contribution in [0.4, 0.5) is 5.82 Å². The minimum Gasteiger partial charge on any atom is -0.389 e. The highest BCUT2D eigenvalue weighted by Crippen LogP contribution is 2.18. The van der Waals surface area contributed by atoms with Crippen LogP contribution in [-0.2, 0) is 6.54 Å². The molecule has 0 radical (unpaired) electrons. The molecular weight excluding hydrogens is 250 g/mol. The van der Waals surface area contributed by atoms with Gasteiger partial charge in [-0.1, -0.05) is 12.1 Å². The maximum absolute atomic E-state index is 9.61. The molecule has 4 heteroatoms. The van der Waals surface area contributed by atoms with Crippen molar-refractivity contribution in [2.75, 3.05) is 11.9 Å². The zero-order valence-electron chi connectivity index (χ0n) is 11.6. The second-order valence-corrected chi connectivity index (χ2v) is 4.79. The normalized spacial score (nSPS) is 11.7. The number of hydrogen-bond acceptors (Lipinski definition) is 4. The van der Waals surface area contributed by atoms with Gasteiger partial charge in [-0.2, -0.15) is 5.26 Å². The third-order valence-electron chi connectivity index (χ3n) is 3.12. The first kappa shape index (κ1) is 14.0. The lowest BCUT2D eigenvalue weighted by molar-refractivity contribution is 0.199. The number of nitrogens with zero attached hydrogens (tertiary/aromatic N) is 3. The van der Waals surface area contributed by atoms with Crippen LogP contribution in [-0.4, -0.2) is 17.1 Å². The predicted octanol–water partition coefficient (Wildman–Crippen LogP) is 2.64. The largest absolute Gasteiger partial charge is 0.389 e. The van der Waals surface area contributed by atoms with Gasteiger partial charge in [-0.3, -0.25) is 0 Å². The van der Waals surface area contributed by atoms with Crippen molar-refractivity contribution in [3.63, 3.8) is 0 Å². The van der Waals surface area contributed by atoms with Gasteiger partial charge in [0.2, 0.25) is 0 Å². The molecular formula is C16H17N3O. The smallest absolute Gasteiger partial charge is 0.128 e. The minimum atomic E-state index is -0.507. The van der Waals surface area contributed by atoms with Crippen LogP contribution in [0.5, 0.6) is 0 Å². The fraction of sp³-hybridized carbons (Fsp3) is 0.250. The summed E-state index contributed by atoms with van der Waals surface area (Å²) in [6.45, 7) is 2.39. The average Bonchev–Trinajstić information content (AvgIpc) is 2.47. The van der Waals surface area contributed by atoms with Gasteiger partial charge in [-0.05, 0) is 42.3 Å². The minimum absolute atomic E-state index is 0.507. The predicted molar refractivity (Wildman–Crippen MR) is 78.1 cm³/mol. The molecule has 1 atom stereocenters. The Morgan fingerprint density at radius 3 is 2.85 bits per heavy atom. The fourth-order valence-corrected chi connectivity index (χ4v) is 2.00. The van der Waals surface area contributed by atoms with Gasteiger partial charge in [0, 0.05) is 19.8 Å².